The molecule has 1 aromatic rings. The molecule has 0 bridgehead atoms. The average Bonchev–Trinajstić information content (AvgIpc) is 2.60. The highest BCUT2D eigenvalue weighted by molar-refractivity contribution is 6.01. The molecule has 1 heterocycles. The van der Waals surface area contributed by atoms with Crippen LogP contribution in [0.3, 0.4) is 0 Å². The number of hydrogen-bond donors (Lipinski definition) is 0. The second-order valence-corrected chi connectivity index (χ2v) is 5.32. The van der Waals surface area contributed by atoms with Crippen molar-refractivity contribution in [2.45, 2.75) is 38.6 Å². The predicted molar refractivity (Wildman–Crippen MR) is 85.9 cm³/mol. The van der Waals surface area contributed by atoms with Gasteiger partial charge >= 0.3 is 5.97 Å². The van der Waals surface area contributed by atoms with Gasteiger partial charge in [-0.1, -0.05) is 29.7 Å². The molecular weight excluding hydrogens is 296 g/mol. The Kier molecular flexibility index (Phi) is 6.00. The molecule has 0 saturated carbocycles. The number of anilines is 1. The van der Waals surface area contributed by atoms with E-state index in [9.17, 15) is 9.59 Å². The van der Waals surface area contributed by atoms with Crippen molar-refractivity contribution in [1.82, 2.24) is 0 Å². The fourth-order valence-electron chi connectivity index (χ4n) is 2.73. The van der Waals surface area contributed by atoms with Gasteiger partial charge in [0.1, 0.15) is 12.6 Å². The average molecular weight is 316 g/mol. The van der Waals surface area contributed by atoms with Crippen LogP contribution in [-0.2, 0) is 20.7 Å². The molecule has 1 aliphatic heterocycles. The SMILES string of the molecule is CCOC(=O)CN1C(=O)C(N=[N+]=[N-])CCCCc2ccccc21. The Hall–Kier alpha value is -2.53. The van der Waals surface area contributed by atoms with Gasteiger partial charge in [0.05, 0.1) is 6.61 Å². The van der Waals surface area contributed by atoms with E-state index in [0.717, 1.165) is 24.8 Å². The van der Waals surface area contributed by atoms with Crippen LogP contribution in [0.25, 0.3) is 10.4 Å². The van der Waals surface area contributed by atoms with Crippen LogP contribution in [0.2, 0.25) is 0 Å². The molecular formula is C16H20N4O3. The van der Waals surface area contributed by atoms with E-state index in [1.165, 1.54) is 4.90 Å². The van der Waals surface area contributed by atoms with E-state index in [0.29, 0.717) is 12.1 Å². The van der Waals surface area contributed by atoms with Crippen molar-refractivity contribution in [3.8, 4) is 0 Å². The second-order valence-electron chi connectivity index (χ2n) is 5.32. The molecule has 0 aliphatic carbocycles. The van der Waals surface area contributed by atoms with Crippen LogP contribution in [0, 0.1) is 0 Å². The fourth-order valence-corrected chi connectivity index (χ4v) is 2.73. The monoisotopic (exact) mass is 316 g/mol. The summed E-state index contributed by atoms with van der Waals surface area (Å²) in [4.78, 5) is 28.9. The van der Waals surface area contributed by atoms with E-state index in [4.69, 9.17) is 10.3 Å². The molecule has 122 valence electrons. The summed E-state index contributed by atoms with van der Waals surface area (Å²) in [6.07, 6.45) is 2.98. The maximum absolute atomic E-state index is 12.8. The van der Waals surface area contributed by atoms with Crippen LogP contribution < -0.4 is 4.90 Å². The summed E-state index contributed by atoms with van der Waals surface area (Å²) < 4.78 is 4.97. The van der Waals surface area contributed by atoms with Crippen molar-refractivity contribution >= 4 is 17.6 Å². The Balaban J connectivity index is 2.41. The molecule has 7 nitrogen and oxygen atoms in total. The van der Waals surface area contributed by atoms with E-state index in [2.05, 4.69) is 10.0 Å². The van der Waals surface area contributed by atoms with Crippen molar-refractivity contribution in [2.75, 3.05) is 18.1 Å². The van der Waals surface area contributed by atoms with Crippen LogP contribution in [0.5, 0.6) is 0 Å². The summed E-state index contributed by atoms with van der Waals surface area (Å²) in [7, 11) is 0. The maximum atomic E-state index is 12.8. The lowest BCUT2D eigenvalue weighted by molar-refractivity contribution is -0.142. The maximum Gasteiger partial charge on any atom is 0.326 e. The number of esters is 1. The summed E-state index contributed by atoms with van der Waals surface area (Å²) in [5, 5.41) is 3.62. The molecule has 0 fully saturated rings. The van der Waals surface area contributed by atoms with Crippen molar-refractivity contribution in [3.63, 3.8) is 0 Å². The number of rotatable bonds is 4. The third kappa shape index (κ3) is 4.23. The Morgan fingerprint density at radius 1 is 1.43 bits per heavy atom. The van der Waals surface area contributed by atoms with Gasteiger partial charge < -0.3 is 9.64 Å². The molecule has 0 N–H and O–H groups in total. The van der Waals surface area contributed by atoms with Crippen LogP contribution in [-0.4, -0.2) is 31.1 Å². The number of hydrogen-bond acceptors (Lipinski definition) is 4. The Labute approximate surface area is 134 Å². The first-order valence-corrected chi connectivity index (χ1v) is 7.76. The molecule has 0 saturated heterocycles. The lowest BCUT2D eigenvalue weighted by Gasteiger charge is -2.25. The van der Waals surface area contributed by atoms with E-state index >= 15 is 0 Å². The van der Waals surface area contributed by atoms with Crippen LogP contribution in [0.4, 0.5) is 5.69 Å². The standard InChI is InChI=1S/C16H20N4O3/c1-2-23-15(21)11-20-14-10-6-4-8-12(14)7-3-5-9-13(16(20)22)18-19-17/h4,6,8,10,13H,2-3,5,7,9,11H2,1H3. The minimum absolute atomic E-state index is 0.179. The molecule has 0 aromatic heterocycles. The molecule has 0 radical (unpaired) electrons. The molecule has 23 heavy (non-hydrogen) atoms. The number of ether oxygens (including phenoxy) is 1. The molecule has 0 spiro atoms. The Bertz CT molecular complexity index is 626. The van der Waals surface area contributed by atoms with Crippen LogP contribution in [0.1, 0.15) is 31.7 Å². The van der Waals surface area contributed by atoms with E-state index in [1.807, 2.05) is 24.3 Å². The molecule has 7 heteroatoms. The van der Waals surface area contributed by atoms with Crippen molar-refractivity contribution in [3.05, 3.63) is 40.3 Å². The van der Waals surface area contributed by atoms with Crippen molar-refractivity contribution in [1.29, 1.82) is 0 Å². The van der Waals surface area contributed by atoms with Gasteiger partial charge in [-0.3, -0.25) is 9.59 Å². The summed E-state index contributed by atoms with van der Waals surface area (Å²) in [6.45, 7) is 1.79. The highest BCUT2D eigenvalue weighted by Crippen LogP contribution is 2.26. The lowest BCUT2D eigenvalue weighted by atomic mass is 10.0. The van der Waals surface area contributed by atoms with E-state index in [1.54, 1.807) is 6.92 Å². The molecule has 1 amide bonds. The second kappa shape index (κ2) is 8.19. The van der Waals surface area contributed by atoms with E-state index in [-0.39, 0.29) is 19.1 Å². The van der Waals surface area contributed by atoms with Gasteiger partial charge in [-0.2, -0.15) is 0 Å². The predicted octanol–water partition coefficient (Wildman–Crippen LogP) is 2.99. The number of amides is 1. The quantitative estimate of drug-likeness (QED) is 0.370. The fraction of sp³-hybridized carbons (Fsp3) is 0.500. The first kappa shape index (κ1) is 16.8. The highest BCUT2D eigenvalue weighted by Gasteiger charge is 2.29. The first-order chi connectivity index (χ1) is 11.2. The van der Waals surface area contributed by atoms with Gasteiger partial charge in [-0.05, 0) is 43.3 Å². The number of carbonyl (C=O) groups is 2. The minimum atomic E-state index is -0.791. The topological polar surface area (TPSA) is 95.4 Å². The van der Waals surface area contributed by atoms with Crippen molar-refractivity contribution in [2.24, 2.45) is 5.11 Å². The Morgan fingerprint density at radius 2 is 2.22 bits per heavy atom. The third-order valence-corrected chi connectivity index (χ3v) is 3.79. The summed E-state index contributed by atoms with van der Waals surface area (Å²) in [5.41, 5.74) is 10.4. The normalized spacial score (nSPS) is 18.0. The number of para-hydroxylation sites is 1. The first-order valence-electron chi connectivity index (χ1n) is 7.76. The number of carbonyl (C=O) groups excluding carboxylic acids is 2. The number of azide groups is 1. The smallest absolute Gasteiger partial charge is 0.326 e. The number of aryl methyl sites for hydroxylation is 1. The minimum Gasteiger partial charge on any atom is -0.465 e. The van der Waals surface area contributed by atoms with Gasteiger partial charge in [0.25, 0.3) is 0 Å². The molecule has 2 rings (SSSR count). The summed E-state index contributed by atoms with van der Waals surface area (Å²) in [6, 6.07) is 6.71. The Morgan fingerprint density at radius 3 is 2.96 bits per heavy atom. The molecule has 1 atom stereocenters. The lowest BCUT2D eigenvalue weighted by Crippen LogP contribution is -2.42. The molecule has 1 aliphatic rings. The zero-order chi connectivity index (χ0) is 16.7. The van der Waals surface area contributed by atoms with Gasteiger partial charge in [-0.15, -0.1) is 0 Å². The van der Waals surface area contributed by atoms with E-state index < -0.39 is 12.0 Å². The number of fused-ring (bicyclic) bond motifs is 1. The summed E-state index contributed by atoms with van der Waals surface area (Å²) in [5.74, 6) is -0.834. The molecule has 1 unspecified atom stereocenters. The zero-order valence-corrected chi connectivity index (χ0v) is 13.1. The zero-order valence-electron chi connectivity index (χ0n) is 13.1. The van der Waals surface area contributed by atoms with Gasteiger partial charge in [0.15, 0.2) is 0 Å². The van der Waals surface area contributed by atoms with Crippen LogP contribution >= 0.6 is 0 Å². The van der Waals surface area contributed by atoms with Gasteiger partial charge in [0.2, 0.25) is 5.91 Å². The van der Waals surface area contributed by atoms with Crippen LogP contribution in [0.15, 0.2) is 29.4 Å². The molecule has 1 aromatic carbocycles. The number of benzene rings is 1. The van der Waals surface area contributed by atoms with Crippen molar-refractivity contribution < 1.29 is 14.3 Å². The van der Waals surface area contributed by atoms with Gasteiger partial charge in [-0.25, -0.2) is 0 Å². The highest BCUT2D eigenvalue weighted by atomic mass is 16.5. The largest absolute Gasteiger partial charge is 0.465 e. The van der Waals surface area contributed by atoms with Gasteiger partial charge in [0, 0.05) is 10.6 Å². The third-order valence-electron chi connectivity index (χ3n) is 3.79. The summed E-state index contributed by atoms with van der Waals surface area (Å²) >= 11 is 0. The number of nitrogens with zero attached hydrogens (tertiary/aromatic N) is 4.